The lowest BCUT2D eigenvalue weighted by Gasteiger charge is -2.60. The van der Waals surface area contributed by atoms with Crippen molar-refractivity contribution in [3.05, 3.63) is 0 Å². The molecule has 82 valence electrons. The number of hydrogen-bond donors (Lipinski definition) is 1. The van der Waals surface area contributed by atoms with Crippen LogP contribution in [-0.4, -0.2) is 6.04 Å². The number of hydrogen-bond acceptors (Lipinski definition) is 1. The molecule has 2 rings (SSSR count). The Kier molecular flexibility index (Phi) is 2.88. The molecule has 0 amide bonds. The Balaban J connectivity index is 2.05. The summed E-state index contributed by atoms with van der Waals surface area (Å²) in [4.78, 5) is 0. The summed E-state index contributed by atoms with van der Waals surface area (Å²) in [5.41, 5.74) is 6.82. The van der Waals surface area contributed by atoms with Crippen LogP contribution in [-0.2, 0) is 0 Å². The lowest BCUT2D eigenvalue weighted by Crippen LogP contribution is -2.63. The molecule has 0 aromatic carbocycles. The maximum absolute atomic E-state index is 6.34. The second kappa shape index (κ2) is 3.84. The highest BCUT2D eigenvalue weighted by Crippen LogP contribution is 2.56. The molecule has 2 N–H and O–H groups in total. The van der Waals surface area contributed by atoms with Gasteiger partial charge in [0.2, 0.25) is 0 Å². The van der Waals surface area contributed by atoms with E-state index < -0.39 is 0 Å². The van der Waals surface area contributed by atoms with Gasteiger partial charge in [-0.05, 0) is 36.5 Å². The summed E-state index contributed by atoms with van der Waals surface area (Å²) < 4.78 is 0. The van der Waals surface area contributed by atoms with Crippen LogP contribution in [0.1, 0.15) is 58.8 Å². The van der Waals surface area contributed by atoms with Gasteiger partial charge in [0.25, 0.3) is 0 Å². The molecule has 0 radical (unpaired) electrons. The van der Waals surface area contributed by atoms with Gasteiger partial charge in [0, 0.05) is 6.04 Å². The molecule has 4 atom stereocenters. The molecule has 1 heteroatoms. The minimum atomic E-state index is 0.474. The Hall–Kier alpha value is -0.0400. The zero-order chi connectivity index (χ0) is 10.2. The fraction of sp³-hybridized carbons (Fsp3) is 1.00. The molecule has 2 aliphatic carbocycles. The molecule has 14 heavy (non-hydrogen) atoms. The van der Waals surface area contributed by atoms with Crippen molar-refractivity contribution in [3.63, 3.8) is 0 Å². The Morgan fingerprint density at radius 1 is 1.14 bits per heavy atom. The first-order valence-electron chi connectivity index (χ1n) is 6.45. The minimum Gasteiger partial charge on any atom is -0.327 e. The molecule has 2 aliphatic rings. The van der Waals surface area contributed by atoms with Crippen LogP contribution in [0.15, 0.2) is 0 Å². The summed E-state index contributed by atoms with van der Waals surface area (Å²) in [6, 6.07) is 0.496. The van der Waals surface area contributed by atoms with Crippen LogP contribution in [0, 0.1) is 17.3 Å². The van der Waals surface area contributed by atoms with E-state index in [1.54, 1.807) is 0 Å². The van der Waals surface area contributed by atoms with Crippen molar-refractivity contribution in [2.24, 2.45) is 23.0 Å². The molecule has 0 aliphatic heterocycles. The zero-order valence-corrected chi connectivity index (χ0v) is 9.76. The van der Waals surface area contributed by atoms with Crippen LogP contribution in [0.5, 0.6) is 0 Å². The van der Waals surface area contributed by atoms with E-state index in [9.17, 15) is 0 Å². The second-order valence-electron chi connectivity index (χ2n) is 5.65. The predicted octanol–water partition coefficient (Wildman–Crippen LogP) is 3.33. The Morgan fingerprint density at radius 3 is 2.43 bits per heavy atom. The van der Waals surface area contributed by atoms with Gasteiger partial charge in [0.1, 0.15) is 0 Å². The Labute approximate surface area is 88.4 Å². The summed E-state index contributed by atoms with van der Waals surface area (Å²) in [6.45, 7) is 4.73. The van der Waals surface area contributed by atoms with Crippen LogP contribution >= 0.6 is 0 Å². The molecule has 0 spiro atoms. The highest BCUT2D eigenvalue weighted by atomic mass is 14.8. The van der Waals surface area contributed by atoms with E-state index in [1.807, 2.05) is 0 Å². The van der Waals surface area contributed by atoms with Crippen molar-refractivity contribution in [1.82, 2.24) is 0 Å². The average molecular weight is 195 g/mol. The fourth-order valence-electron chi connectivity index (χ4n) is 3.88. The van der Waals surface area contributed by atoms with E-state index in [4.69, 9.17) is 5.73 Å². The summed E-state index contributed by atoms with van der Waals surface area (Å²) in [5.74, 6) is 1.81. The van der Waals surface area contributed by atoms with Crippen LogP contribution in [0.25, 0.3) is 0 Å². The third-order valence-electron chi connectivity index (χ3n) is 5.15. The standard InChI is InChI=1S/C13H25N/c1-3-13(2)11-9-7-5-4-6-8-10(11)12(13)14/h10-12H,3-9,14H2,1-2H3. The van der Waals surface area contributed by atoms with Crippen molar-refractivity contribution in [1.29, 1.82) is 0 Å². The molecule has 2 fully saturated rings. The largest absolute Gasteiger partial charge is 0.327 e. The van der Waals surface area contributed by atoms with E-state index in [1.165, 1.54) is 44.9 Å². The summed E-state index contributed by atoms with van der Waals surface area (Å²) in [5, 5.41) is 0. The zero-order valence-electron chi connectivity index (χ0n) is 9.76. The van der Waals surface area contributed by atoms with E-state index in [0.717, 1.165) is 11.8 Å². The second-order valence-corrected chi connectivity index (χ2v) is 5.65. The highest BCUT2D eigenvalue weighted by molar-refractivity contribution is 5.07. The number of fused-ring (bicyclic) bond motifs is 1. The monoisotopic (exact) mass is 195 g/mol. The third kappa shape index (κ3) is 1.41. The molecule has 0 bridgehead atoms. The molecule has 0 saturated heterocycles. The van der Waals surface area contributed by atoms with Gasteiger partial charge in [-0.1, -0.05) is 39.5 Å². The van der Waals surface area contributed by atoms with Crippen LogP contribution in [0.3, 0.4) is 0 Å². The van der Waals surface area contributed by atoms with Gasteiger partial charge in [0.05, 0.1) is 0 Å². The molecule has 0 aromatic rings. The van der Waals surface area contributed by atoms with Gasteiger partial charge >= 0.3 is 0 Å². The SMILES string of the molecule is CCC1(C)C(N)C2CCCCCCC21. The molecule has 0 heterocycles. The smallest absolute Gasteiger partial charge is 0.0127 e. The van der Waals surface area contributed by atoms with Gasteiger partial charge in [-0.15, -0.1) is 0 Å². The van der Waals surface area contributed by atoms with E-state index in [0.29, 0.717) is 11.5 Å². The maximum atomic E-state index is 6.34. The van der Waals surface area contributed by atoms with E-state index in [-0.39, 0.29) is 0 Å². The van der Waals surface area contributed by atoms with Gasteiger partial charge in [-0.25, -0.2) is 0 Å². The van der Waals surface area contributed by atoms with Crippen molar-refractivity contribution in [3.8, 4) is 0 Å². The first kappa shape index (κ1) is 10.5. The summed E-state index contributed by atoms with van der Waals surface area (Å²) >= 11 is 0. The number of rotatable bonds is 1. The average Bonchev–Trinajstić information content (AvgIpc) is 2.16. The van der Waals surface area contributed by atoms with Crippen molar-refractivity contribution < 1.29 is 0 Å². The fourth-order valence-corrected chi connectivity index (χ4v) is 3.88. The van der Waals surface area contributed by atoms with Gasteiger partial charge in [0.15, 0.2) is 0 Å². The third-order valence-corrected chi connectivity index (χ3v) is 5.15. The minimum absolute atomic E-state index is 0.474. The highest BCUT2D eigenvalue weighted by Gasteiger charge is 2.54. The Bertz CT molecular complexity index is 201. The Morgan fingerprint density at radius 2 is 1.79 bits per heavy atom. The molecule has 1 nitrogen and oxygen atoms in total. The van der Waals surface area contributed by atoms with E-state index in [2.05, 4.69) is 13.8 Å². The van der Waals surface area contributed by atoms with E-state index >= 15 is 0 Å². The van der Waals surface area contributed by atoms with Crippen LogP contribution < -0.4 is 5.73 Å². The van der Waals surface area contributed by atoms with Gasteiger partial charge in [-0.3, -0.25) is 0 Å². The van der Waals surface area contributed by atoms with Crippen molar-refractivity contribution in [2.45, 2.75) is 64.8 Å². The molecular weight excluding hydrogens is 170 g/mol. The van der Waals surface area contributed by atoms with Crippen molar-refractivity contribution >= 4 is 0 Å². The maximum Gasteiger partial charge on any atom is 0.0127 e. The normalized spacial score (nSPS) is 48.6. The summed E-state index contributed by atoms with van der Waals surface area (Å²) in [6.07, 6.45) is 9.90. The lowest BCUT2D eigenvalue weighted by atomic mass is 9.47. The first-order chi connectivity index (χ1) is 6.70. The van der Waals surface area contributed by atoms with Gasteiger partial charge < -0.3 is 5.73 Å². The van der Waals surface area contributed by atoms with Crippen LogP contribution in [0.4, 0.5) is 0 Å². The summed E-state index contributed by atoms with van der Waals surface area (Å²) in [7, 11) is 0. The topological polar surface area (TPSA) is 26.0 Å². The molecular formula is C13H25N. The lowest BCUT2D eigenvalue weighted by molar-refractivity contribution is -0.0749. The number of nitrogens with two attached hydrogens (primary N) is 1. The molecule has 4 unspecified atom stereocenters. The van der Waals surface area contributed by atoms with Crippen LogP contribution in [0.2, 0.25) is 0 Å². The quantitative estimate of drug-likeness (QED) is 0.682. The molecule has 0 aromatic heterocycles. The van der Waals surface area contributed by atoms with Gasteiger partial charge in [-0.2, -0.15) is 0 Å². The first-order valence-corrected chi connectivity index (χ1v) is 6.45. The predicted molar refractivity (Wildman–Crippen MR) is 61.1 cm³/mol. The molecule has 2 saturated carbocycles. The van der Waals surface area contributed by atoms with Crippen molar-refractivity contribution in [2.75, 3.05) is 0 Å².